The zero-order valence-electron chi connectivity index (χ0n) is 11.5. The van der Waals surface area contributed by atoms with Crippen molar-refractivity contribution in [1.29, 1.82) is 0 Å². The molecular weight excluding hydrogens is 270 g/mol. The van der Waals surface area contributed by atoms with Crippen LogP contribution in [0.3, 0.4) is 0 Å². The summed E-state index contributed by atoms with van der Waals surface area (Å²) >= 11 is 0. The first-order chi connectivity index (χ1) is 10.1. The highest BCUT2D eigenvalue weighted by Gasteiger charge is 2.25. The molecule has 1 atom stereocenters. The first-order valence-corrected chi connectivity index (χ1v) is 6.54. The maximum atomic E-state index is 11.6. The fourth-order valence-electron chi connectivity index (χ4n) is 2.49. The number of aliphatic carboxylic acids is 1. The molecule has 0 spiro atoms. The third-order valence-electron chi connectivity index (χ3n) is 3.47. The average molecular weight is 285 g/mol. The summed E-state index contributed by atoms with van der Waals surface area (Å²) in [4.78, 5) is 16.5. The molecule has 3 aromatic rings. The maximum Gasteiger partial charge on any atom is 0.325 e. The van der Waals surface area contributed by atoms with Crippen molar-refractivity contribution >= 4 is 16.9 Å². The van der Waals surface area contributed by atoms with Crippen molar-refractivity contribution in [3.05, 3.63) is 54.0 Å². The van der Waals surface area contributed by atoms with Gasteiger partial charge in [0.1, 0.15) is 12.3 Å². The lowest BCUT2D eigenvalue weighted by Gasteiger charge is -2.24. The van der Waals surface area contributed by atoms with Crippen molar-refractivity contribution in [3.63, 3.8) is 0 Å². The van der Waals surface area contributed by atoms with E-state index in [1.54, 1.807) is 18.0 Å². The van der Waals surface area contributed by atoms with Crippen LogP contribution in [0.1, 0.15) is 17.3 Å². The van der Waals surface area contributed by atoms with E-state index in [9.17, 15) is 9.90 Å². The number of aromatic nitrogens is 2. The Morgan fingerprint density at radius 2 is 2.29 bits per heavy atom. The highest BCUT2D eigenvalue weighted by Crippen LogP contribution is 2.24. The summed E-state index contributed by atoms with van der Waals surface area (Å²) in [6.07, 6.45) is 3.31. The smallest absolute Gasteiger partial charge is 0.325 e. The number of rotatable bonds is 5. The molecule has 0 amide bonds. The molecule has 0 unspecified atom stereocenters. The molecule has 0 aliphatic heterocycles. The predicted molar refractivity (Wildman–Crippen MR) is 76.6 cm³/mol. The van der Waals surface area contributed by atoms with Crippen LogP contribution in [0.2, 0.25) is 0 Å². The van der Waals surface area contributed by atoms with E-state index in [0.29, 0.717) is 12.2 Å². The van der Waals surface area contributed by atoms with Gasteiger partial charge in [-0.25, -0.2) is 0 Å². The van der Waals surface area contributed by atoms with Crippen molar-refractivity contribution in [3.8, 4) is 0 Å². The highest BCUT2D eigenvalue weighted by atomic mass is 16.5. The molecule has 0 saturated carbocycles. The number of H-pyrrole nitrogens is 1. The van der Waals surface area contributed by atoms with E-state index >= 15 is 0 Å². The van der Waals surface area contributed by atoms with Gasteiger partial charge in [-0.15, -0.1) is 0 Å². The molecule has 2 N–H and O–H groups in total. The van der Waals surface area contributed by atoms with Crippen molar-refractivity contribution in [2.24, 2.45) is 0 Å². The summed E-state index contributed by atoms with van der Waals surface area (Å²) in [5.74, 6) is -0.896. The first-order valence-electron chi connectivity index (χ1n) is 6.54. The van der Waals surface area contributed by atoms with Crippen LogP contribution in [0.15, 0.2) is 47.3 Å². The summed E-state index contributed by atoms with van der Waals surface area (Å²) in [6, 6.07) is 8.56. The first kappa shape index (κ1) is 13.4. The van der Waals surface area contributed by atoms with E-state index in [4.69, 9.17) is 4.52 Å². The van der Waals surface area contributed by atoms with Gasteiger partial charge in [-0.3, -0.25) is 9.69 Å². The van der Waals surface area contributed by atoms with Crippen LogP contribution >= 0.6 is 0 Å². The summed E-state index contributed by atoms with van der Waals surface area (Å²) in [7, 11) is 1.76. The van der Waals surface area contributed by atoms with Crippen molar-refractivity contribution in [2.75, 3.05) is 7.05 Å². The van der Waals surface area contributed by atoms with Crippen LogP contribution < -0.4 is 0 Å². The van der Waals surface area contributed by atoms with E-state index in [1.165, 1.54) is 6.26 Å². The lowest BCUT2D eigenvalue weighted by molar-refractivity contribution is -0.143. The van der Waals surface area contributed by atoms with E-state index in [0.717, 1.165) is 16.5 Å². The monoisotopic (exact) mass is 285 g/mol. The molecular formula is C15H15N3O3. The molecule has 0 aliphatic rings. The van der Waals surface area contributed by atoms with Crippen LogP contribution in [0.5, 0.6) is 0 Å². The number of benzene rings is 1. The van der Waals surface area contributed by atoms with Crippen LogP contribution in [-0.4, -0.2) is 33.2 Å². The molecule has 1 aromatic carbocycles. The molecule has 0 radical (unpaired) electrons. The van der Waals surface area contributed by atoms with Gasteiger partial charge in [0.05, 0.1) is 5.69 Å². The Labute approximate surface area is 121 Å². The van der Waals surface area contributed by atoms with Gasteiger partial charge in [-0.1, -0.05) is 17.3 Å². The van der Waals surface area contributed by atoms with Crippen LogP contribution in [0.25, 0.3) is 10.9 Å². The van der Waals surface area contributed by atoms with E-state index < -0.39 is 12.0 Å². The number of carboxylic acid groups (broad SMARTS) is 1. The number of hydrogen-bond acceptors (Lipinski definition) is 4. The minimum Gasteiger partial charge on any atom is -0.480 e. The predicted octanol–water partition coefficient (Wildman–Crippen LogP) is 2.41. The molecule has 6 heteroatoms. The van der Waals surface area contributed by atoms with Crippen molar-refractivity contribution in [1.82, 2.24) is 15.0 Å². The van der Waals surface area contributed by atoms with Gasteiger partial charge in [0.2, 0.25) is 0 Å². The topological polar surface area (TPSA) is 82.4 Å². The van der Waals surface area contributed by atoms with Gasteiger partial charge in [0.25, 0.3) is 0 Å². The van der Waals surface area contributed by atoms with E-state index in [2.05, 4.69) is 10.1 Å². The summed E-state index contributed by atoms with van der Waals surface area (Å²) in [5, 5.41) is 14.4. The molecule has 0 bridgehead atoms. The number of fused-ring (bicyclic) bond motifs is 1. The third kappa shape index (κ3) is 2.66. The standard InChI is InChI=1S/C15H15N3O3/c1-18(9-12-5-7-21-17-12)14(15(19)20)11-3-2-10-4-6-16-13(10)8-11/h2-8,14,16H,9H2,1H3,(H,19,20)/t14-/m0/s1. The minimum atomic E-state index is -0.896. The molecule has 3 rings (SSSR count). The Morgan fingerprint density at radius 3 is 3.00 bits per heavy atom. The number of likely N-dealkylation sites (N-methyl/N-ethyl adjacent to an activating group) is 1. The van der Waals surface area contributed by atoms with E-state index in [1.807, 2.05) is 30.5 Å². The van der Waals surface area contributed by atoms with E-state index in [-0.39, 0.29) is 0 Å². The second-order valence-corrected chi connectivity index (χ2v) is 4.97. The molecule has 2 aromatic heterocycles. The molecule has 21 heavy (non-hydrogen) atoms. The highest BCUT2D eigenvalue weighted by molar-refractivity contribution is 5.83. The number of hydrogen-bond donors (Lipinski definition) is 2. The van der Waals surface area contributed by atoms with Crippen LogP contribution in [-0.2, 0) is 11.3 Å². The lowest BCUT2D eigenvalue weighted by atomic mass is 10.0. The lowest BCUT2D eigenvalue weighted by Crippen LogP contribution is -2.30. The fraction of sp³-hybridized carbons (Fsp3) is 0.200. The largest absolute Gasteiger partial charge is 0.480 e. The second-order valence-electron chi connectivity index (χ2n) is 4.97. The zero-order chi connectivity index (χ0) is 14.8. The number of carboxylic acids is 1. The Balaban J connectivity index is 1.91. The van der Waals surface area contributed by atoms with Gasteiger partial charge in [-0.05, 0) is 30.1 Å². The Morgan fingerprint density at radius 1 is 1.43 bits per heavy atom. The summed E-state index contributed by atoms with van der Waals surface area (Å²) in [6.45, 7) is 0.399. The van der Waals surface area contributed by atoms with Gasteiger partial charge < -0.3 is 14.6 Å². The van der Waals surface area contributed by atoms with Gasteiger partial charge in [-0.2, -0.15) is 0 Å². The number of aromatic amines is 1. The second kappa shape index (κ2) is 5.41. The SMILES string of the molecule is CN(Cc1ccon1)[C@H](C(=O)O)c1ccc2cc[nH]c2c1. The van der Waals surface area contributed by atoms with Gasteiger partial charge >= 0.3 is 5.97 Å². The van der Waals surface area contributed by atoms with Crippen molar-refractivity contribution in [2.45, 2.75) is 12.6 Å². The molecule has 0 fully saturated rings. The number of carbonyl (C=O) groups is 1. The minimum absolute atomic E-state index is 0.399. The number of nitrogens with one attached hydrogen (secondary N) is 1. The van der Waals surface area contributed by atoms with Gasteiger partial charge in [0, 0.05) is 24.3 Å². The maximum absolute atomic E-state index is 11.6. The summed E-state index contributed by atoms with van der Waals surface area (Å²) < 4.78 is 4.78. The Hall–Kier alpha value is -2.60. The van der Waals surface area contributed by atoms with Crippen LogP contribution in [0.4, 0.5) is 0 Å². The van der Waals surface area contributed by atoms with Gasteiger partial charge in [0.15, 0.2) is 0 Å². The molecule has 0 saturated heterocycles. The molecule has 0 aliphatic carbocycles. The molecule has 108 valence electrons. The molecule has 2 heterocycles. The molecule has 6 nitrogen and oxygen atoms in total. The quantitative estimate of drug-likeness (QED) is 0.752. The Bertz CT molecular complexity index is 748. The van der Waals surface area contributed by atoms with Crippen molar-refractivity contribution < 1.29 is 14.4 Å². The fourth-order valence-corrected chi connectivity index (χ4v) is 2.49. The zero-order valence-corrected chi connectivity index (χ0v) is 11.5. The summed E-state index contributed by atoms with van der Waals surface area (Å²) in [5.41, 5.74) is 2.35. The number of nitrogens with zero attached hydrogens (tertiary/aromatic N) is 2. The van der Waals surface area contributed by atoms with Crippen LogP contribution in [0, 0.1) is 0 Å². The average Bonchev–Trinajstić information content (AvgIpc) is 3.08. The third-order valence-corrected chi connectivity index (χ3v) is 3.47. The normalized spacial score (nSPS) is 12.9. The Kier molecular flexibility index (Phi) is 3.45.